The summed E-state index contributed by atoms with van der Waals surface area (Å²) in [7, 11) is -0.113. The Balaban J connectivity index is 4.39. The molecule has 0 aromatic rings. The van der Waals surface area contributed by atoms with Gasteiger partial charge in [-0.1, -0.05) is 91.5 Å². The zero-order valence-electron chi connectivity index (χ0n) is 16.1. The molecule has 0 rings (SSSR count). The molecule has 0 nitrogen and oxygen atoms in total. The van der Waals surface area contributed by atoms with Crippen LogP contribution in [0.4, 0.5) is 0 Å². The molecule has 135 valence electrons. The Morgan fingerprint density at radius 3 is 1.23 bits per heavy atom. The molecule has 1 radical (unpaired) electrons. The molecule has 0 fully saturated rings. The molecule has 0 aliphatic carbocycles. The fourth-order valence-corrected chi connectivity index (χ4v) is 13.2. The number of unbranched alkanes of at least 4 members (excludes halogenated alkanes) is 9. The molecule has 0 atom stereocenters. The minimum Gasteiger partial charge on any atom is -0.259 e. The molecule has 0 aliphatic rings. The van der Waals surface area contributed by atoms with Crippen LogP contribution in [-0.2, 0) is 0 Å². The highest BCUT2D eigenvalue weighted by Crippen LogP contribution is 2.49. The summed E-state index contributed by atoms with van der Waals surface area (Å²) in [5, 5.41) is 0. The molecular weight excluding hydrogens is 300 g/mol. The lowest BCUT2D eigenvalue weighted by atomic mass is 10.2. The van der Waals surface area contributed by atoms with E-state index >= 15 is 0 Å². The lowest BCUT2D eigenvalue weighted by molar-refractivity contribution is 0.689. The average molecular weight is 346 g/mol. The Hall–Kier alpha value is 0.567. The second kappa shape index (κ2) is 16.4. The van der Waals surface area contributed by atoms with E-state index in [0.717, 1.165) is 0 Å². The predicted octanol–water partition coefficient (Wildman–Crippen LogP) is 6.87. The summed E-state index contributed by atoms with van der Waals surface area (Å²) in [6.45, 7) is 11.3. The SMILES string of the molecule is [CH2]C[SiH2]S(CCCCCC)(CCCCCC)CCCCCC. The van der Waals surface area contributed by atoms with E-state index in [2.05, 4.69) is 27.7 Å². The molecule has 2 heteroatoms. The zero-order chi connectivity index (χ0) is 16.5. The monoisotopic (exact) mass is 345 g/mol. The second-order valence-electron chi connectivity index (χ2n) is 7.08. The number of hydrogen-bond donors (Lipinski definition) is 0. The van der Waals surface area contributed by atoms with Crippen molar-refractivity contribution in [2.75, 3.05) is 17.3 Å². The van der Waals surface area contributed by atoms with Gasteiger partial charge in [0.1, 0.15) is 0 Å². The summed E-state index contributed by atoms with van der Waals surface area (Å²) in [5.41, 5.74) is 0. The van der Waals surface area contributed by atoms with Crippen LogP contribution in [0.15, 0.2) is 0 Å². The highest BCUT2D eigenvalue weighted by atomic mass is 32.4. The minimum absolute atomic E-state index is 0.0983. The molecule has 0 saturated heterocycles. The molecular formula is C20H45SSi. The first kappa shape index (κ1) is 22.6. The fourth-order valence-electron chi connectivity index (χ4n) is 3.42. The van der Waals surface area contributed by atoms with Crippen LogP contribution in [0.3, 0.4) is 0 Å². The van der Waals surface area contributed by atoms with Gasteiger partial charge in [-0.15, -0.1) is 0 Å². The summed E-state index contributed by atoms with van der Waals surface area (Å²) in [4.78, 5) is 0. The van der Waals surface area contributed by atoms with Crippen LogP contribution in [0, 0.1) is 6.92 Å². The molecule has 0 saturated carbocycles. The van der Waals surface area contributed by atoms with Gasteiger partial charge in [-0.05, 0) is 36.5 Å². The van der Waals surface area contributed by atoms with Crippen LogP contribution < -0.4 is 0 Å². The van der Waals surface area contributed by atoms with E-state index in [9.17, 15) is 0 Å². The van der Waals surface area contributed by atoms with Crippen LogP contribution in [0.2, 0.25) is 6.04 Å². The molecule has 0 amide bonds. The van der Waals surface area contributed by atoms with Crippen molar-refractivity contribution in [3.05, 3.63) is 6.92 Å². The van der Waals surface area contributed by atoms with E-state index < -0.39 is 0 Å². The van der Waals surface area contributed by atoms with Gasteiger partial charge >= 0.3 is 0 Å². The minimum atomic E-state index is -0.212. The summed E-state index contributed by atoms with van der Waals surface area (Å²) in [5.74, 6) is 4.85. The Kier molecular flexibility index (Phi) is 16.8. The van der Waals surface area contributed by atoms with Gasteiger partial charge in [-0.25, -0.2) is 0 Å². The molecule has 0 aromatic heterocycles. The molecule has 0 bridgehead atoms. The van der Waals surface area contributed by atoms with Gasteiger partial charge < -0.3 is 0 Å². The molecule has 0 unspecified atom stereocenters. The van der Waals surface area contributed by atoms with Crippen molar-refractivity contribution in [2.45, 2.75) is 104 Å². The first-order valence-electron chi connectivity index (χ1n) is 10.3. The first-order valence-corrected chi connectivity index (χ1v) is 15.3. The standard InChI is InChI=1S/C20H45SSi/c1-5-9-12-15-18-21(22-8-4,19-16-13-10-6-2)20-17-14-11-7-3/h4-20,22H2,1-3H3. The smallest absolute Gasteiger partial charge is 0.0655 e. The van der Waals surface area contributed by atoms with E-state index in [0.29, 0.717) is 0 Å². The van der Waals surface area contributed by atoms with Gasteiger partial charge in [-0.3, -0.25) is 9.48 Å². The Morgan fingerprint density at radius 2 is 0.955 bits per heavy atom. The third kappa shape index (κ3) is 12.0. The Morgan fingerprint density at radius 1 is 0.591 bits per heavy atom. The molecule has 0 heterocycles. The van der Waals surface area contributed by atoms with Crippen LogP contribution >= 0.6 is 9.48 Å². The molecule has 0 spiro atoms. The fraction of sp³-hybridized carbons (Fsp3) is 0.950. The van der Waals surface area contributed by atoms with Crippen molar-refractivity contribution in [3.63, 3.8) is 0 Å². The zero-order valence-corrected chi connectivity index (χ0v) is 18.4. The quantitative estimate of drug-likeness (QED) is 0.199. The van der Waals surface area contributed by atoms with Gasteiger partial charge in [0.25, 0.3) is 0 Å². The summed E-state index contributed by atoms with van der Waals surface area (Å²) < 4.78 is 0. The van der Waals surface area contributed by atoms with Gasteiger partial charge in [0.05, 0.1) is 8.67 Å². The first-order chi connectivity index (χ1) is 10.7. The van der Waals surface area contributed by atoms with Crippen molar-refractivity contribution in [3.8, 4) is 0 Å². The number of hydrogen-bond acceptors (Lipinski definition) is 0. The van der Waals surface area contributed by atoms with Crippen molar-refractivity contribution in [1.29, 1.82) is 0 Å². The van der Waals surface area contributed by atoms with Gasteiger partial charge in [0.15, 0.2) is 0 Å². The van der Waals surface area contributed by atoms with Crippen LogP contribution in [0.25, 0.3) is 0 Å². The predicted molar refractivity (Wildman–Crippen MR) is 113 cm³/mol. The van der Waals surface area contributed by atoms with Crippen molar-refractivity contribution in [2.24, 2.45) is 0 Å². The van der Waals surface area contributed by atoms with E-state index in [1.165, 1.54) is 83.1 Å². The van der Waals surface area contributed by atoms with Gasteiger partial charge in [0, 0.05) is 0 Å². The highest BCUT2D eigenvalue weighted by molar-refractivity contribution is 8.52. The second-order valence-corrected chi connectivity index (χ2v) is 16.8. The summed E-state index contributed by atoms with van der Waals surface area (Å²) >= 11 is 0. The summed E-state index contributed by atoms with van der Waals surface area (Å²) in [6.07, 6.45) is 17.5. The highest BCUT2D eigenvalue weighted by Gasteiger charge is 2.22. The average Bonchev–Trinajstić information content (AvgIpc) is 2.53. The molecule has 0 N–H and O–H groups in total. The van der Waals surface area contributed by atoms with Crippen LogP contribution in [0.1, 0.15) is 97.8 Å². The normalized spacial score (nSPS) is 13.3. The topological polar surface area (TPSA) is 0 Å². The Bertz CT molecular complexity index is 186. The summed E-state index contributed by atoms with van der Waals surface area (Å²) in [6, 6.07) is 1.31. The van der Waals surface area contributed by atoms with Crippen molar-refractivity contribution in [1.82, 2.24) is 0 Å². The van der Waals surface area contributed by atoms with Gasteiger partial charge in [-0.2, -0.15) is 0 Å². The van der Waals surface area contributed by atoms with Gasteiger partial charge in [0.2, 0.25) is 0 Å². The molecule has 0 aromatic carbocycles. The van der Waals surface area contributed by atoms with E-state index in [-0.39, 0.29) is 18.1 Å². The third-order valence-corrected chi connectivity index (χ3v) is 15.6. The van der Waals surface area contributed by atoms with Crippen molar-refractivity contribution >= 4 is 18.1 Å². The largest absolute Gasteiger partial charge is 0.259 e. The van der Waals surface area contributed by atoms with Crippen LogP contribution in [0.5, 0.6) is 0 Å². The number of rotatable bonds is 17. The molecule has 22 heavy (non-hydrogen) atoms. The van der Waals surface area contributed by atoms with E-state index in [4.69, 9.17) is 0 Å². The maximum absolute atomic E-state index is 4.29. The lowest BCUT2D eigenvalue weighted by Gasteiger charge is -2.41. The van der Waals surface area contributed by atoms with E-state index in [1.54, 1.807) is 17.3 Å². The van der Waals surface area contributed by atoms with Crippen LogP contribution in [-0.4, -0.2) is 25.9 Å². The molecule has 0 aliphatic heterocycles. The third-order valence-electron chi connectivity index (χ3n) is 4.87. The lowest BCUT2D eigenvalue weighted by Crippen LogP contribution is -2.20. The maximum atomic E-state index is 4.29. The van der Waals surface area contributed by atoms with E-state index in [1.807, 2.05) is 0 Å². The maximum Gasteiger partial charge on any atom is 0.0655 e. The Labute approximate surface area is 146 Å². The van der Waals surface area contributed by atoms with Crippen molar-refractivity contribution < 1.29 is 0 Å².